The zero-order valence-electron chi connectivity index (χ0n) is 31.5. The Hall–Kier alpha value is -1.93. The van der Waals surface area contributed by atoms with Crippen molar-refractivity contribution in [3.63, 3.8) is 0 Å². The predicted octanol–water partition coefficient (Wildman–Crippen LogP) is 3.00. The first-order chi connectivity index (χ1) is 23.8. The van der Waals surface area contributed by atoms with E-state index < -0.39 is 48.8 Å². The van der Waals surface area contributed by atoms with Gasteiger partial charge >= 0.3 is 0 Å². The van der Waals surface area contributed by atoms with Crippen LogP contribution in [0.5, 0.6) is 0 Å². The maximum atomic E-state index is 14.6. The van der Waals surface area contributed by atoms with Crippen molar-refractivity contribution in [3.8, 4) is 0 Å². The molecule has 12 heteroatoms. The van der Waals surface area contributed by atoms with E-state index in [0.29, 0.717) is 30.4 Å². The van der Waals surface area contributed by atoms with Crippen LogP contribution in [0.1, 0.15) is 118 Å². The molecule has 1 saturated heterocycles. The maximum absolute atomic E-state index is 14.6. The number of nitrogens with one attached hydrogen (secondary N) is 1. The van der Waals surface area contributed by atoms with Crippen LogP contribution in [-0.4, -0.2) is 94.8 Å². The molecule has 7 rings (SSSR count). The molecule has 4 saturated carbocycles. The van der Waals surface area contributed by atoms with Crippen molar-refractivity contribution in [3.05, 3.63) is 23.5 Å². The number of carbonyl (C=O) groups is 1. The summed E-state index contributed by atoms with van der Waals surface area (Å²) < 4.78 is 6.85. The molecule has 5 aliphatic carbocycles. The fourth-order valence-corrected chi connectivity index (χ4v) is 12.9. The number of carbonyl (C=O) groups excluding carboxylic acids is 1. The van der Waals surface area contributed by atoms with E-state index >= 15 is 0 Å². The summed E-state index contributed by atoms with van der Waals surface area (Å²) >= 11 is 0. The Balaban J connectivity index is 1.16. The quantitative estimate of drug-likeness (QED) is 0.223. The molecule has 6 aliphatic rings. The average Bonchev–Trinajstić information content (AvgIpc) is 3.53. The summed E-state index contributed by atoms with van der Waals surface area (Å²) in [6.45, 7) is 15.9. The second-order valence-electron chi connectivity index (χ2n) is 19.4. The van der Waals surface area contributed by atoms with E-state index in [1.807, 2.05) is 0 Å². The number of nitrogens with zero attached hydrogens (tertiary/aromatic N) is 3. The lowest BCUT2D eigenvalue weighted by Gasteiger charge is -2.71. The number of rotatable bonds is 5. The Bertz CT molecular complexity index is 1540. The summed E-state index contributed by atoms with van der Waals surface area (Å²) in [5.41, 5.74) is 0.357. The number of aliphatic hydroxyl groups is 6. The van der Waals surface area contributed by atoms with E-state index in [0.717, 1.165) is 44.9 Å². The van der Waals surface area contributed by atoms with Gasteiger partial charge in [-0.3, -0.25) is 4.79 Å². The van der Waals surface area contributed by atoms with Crippen LogP contribution >= 0.6 is 0 Å². The largest absolute Gasteiger partial charge is 0.394 e. The molecule has 14 atom stereocenters. The lowest BCUT2D eigenvalue weighted by Crippen LogP contribution is -2.68. The Morgan fingerprint density at radius 1 is 0.902 bits per heavy atom. The molecule has 1 aromatic heterocycles. The van der Waals surface area contributed by atoms with Crippen LogP contribution in [0.4, 0.5) is 0 Å². The van der Waals surface area contributed by atoms with Crippen LogP contribution in [0.25, 0.3) is 0 Å². The van der Waals surface area contributed by atoms with Gasteiger partial charge in [-0.1, -0.05) is 65.3 Å². The van der Waals surface area contributed by atoms with Gasteiger partial charge in [0.1, 0.15) is 30.1 Å². The van der Waals surface area contributed by atoms with Crippen molar-refractivity contribution in [1.29, 1.82) is 0 Å². The molecule has 2 heterocycles. The molecule has 1 aliphatic heterocycles. The Kier molecular flexibility index (Phi) is 9.01. The van der Waals surface area contributed by atoms with Gasteiger partial charge in [0.05, 0.1) is 37.0 Å². The van der Waals surface area contributed by atoms with Gasteiger partial charge in [-0.2, -0.15) is 0 Å². The van der Waals surface area contributed by atoms with Crippen molar-refractivity contribution >= 4 is 5.91 Å². The Morgan fingerprint density at radius 2 is 1.63 bits per heavy atom. The molecule has 0 aromatic carbocycles. The Labute approximate surface area is 302 Å². The maximum Gasteiger partial charge on any atom is 0.229 e. The molecule has 12 nitrogen and oxygen atoms in total. The number of hydrogen-bond acceptors (Lipinski definition) is 10. The van der Waals surface area contributed by atoms with Crippen molar-refractivity contribution in [2.75, 3.05) is 6.61 Å². The van der Waals surface area contributed by atoms with Crippen molar-refractivity contribution in [1.82, 2.24) is 20.3 Å². The van der Waals surface area contributed by atoms with Gasteiger partial charge in [-0.05, 0) is 103 Å². The Morgan fingerprint density at radius 3 is 2.33 bits per heavy atom. The first-order valence-corrected chi connectivity index (χ1v) is 19.3. The summed E-state index contributed by atoms with van der Waals surface area (Å²) in [7, 11) is 0. The molecule has 286 valence electrons. The highest BCUT2D eigenvalue weighted by atomic mass is 16.6. The van der Waals surface area contributed by atoms with Gasteiger partial charge in [0.15, 0.2) is 6.23 Å². The first kappa shape index (κ1) is 37.4. The molecule has 7 N–H and O–H groups in total. The fourth-order valence-electron chi connectivity index (χ4n) is 12.9. The topological polar surface area (TPSA) is 190 Å². The minimum atomic E-state index is -1.55. The lowest BCUT2D eigenvalue weighted by atomic mass is 9.33. The minimum absolute atomic E-state index is 0.00623. The molecule has 51 heavy (non-hydrogen) atoms. The second kappa shape index (κ2) is 12.3. The fraction of sp³-hybridized carbons (Fsp3) is 0.872. The molecule has 0 radical (unpaired) electrons. The molecular weight excluding hydrogens is 652 g/mol. The number of aliphatic hydroxyl groups excluding tert-OH is 6. The van der Waals surface area contributed by atoms with Gasteiger partial charge < -0.3 is 40.7 Å². The number of hydrogen-bond donors (Lipinski definition) is 7. The molecular formula is C39H62N4O8. The molecule has 0 bridgehead atoms. The molecule has 3 unspecified atom stereocenters. The molecule has 5 fully saturated rings. The van der Waals surface area contributed by atoms with Crippen molar-refractivity contribution < 1.29 is 40.2 Å². The standard InChI is InChI=1S/C39H62N4O8/c1-34(2)14-15-39(33(50)40-18-21-19-43(42-41-21)32-31(49)30(48)29(47)24(20-44)51-32)23(16-34)22-8-9-26-36(5)12-11-27(45)35(3,4)25(36)10-13-37(26,6)38(22,7)17-28(39)46/h8,19,23-32,44-49H,9-18,20H2,1-7H3,(H,40,50)/t23?,24-,25?,26?,27-,28+,29-,30+,31-,32-,36-,37+,38+,39+/m0/s1. The summed E-state index contributed by atoms with van der Waals surface area (Å²) in [5, 5.41) is 75.5. The molecule has 0 spiro atoms. The predicted molar refractivity (Wildman–Crippen MR) is 187 cm³/mol. The summed E-state index contributed by atoms with van der Waals surface area (Å²) in [6, 6.07) is 0. The van der Waals surface area contributed by atoms with E-state index in [2.05, 4.69) is 70.2 Å². The summed E-state index contributed by atoms with van der Waals surface area (Å²) in [6.07, 6.45) is 3.64. The van der Waals surface area contributed by atoms with Crippen LogP contribution in [0.3, 0.4) is 0 Å². The van der Waals surface area contributed by atoms with E-state index in [4.69, 9.17) is 4.74 Å². The average molecular weight is 715 g/mol. The van der Waals surface area contributed by atoms with Gasteiger partial charge in [-0.15, -0.1) is 5.10 Å². The number of ether oxygens (including phenoxy) is 1. The highest BCUT2D eigenvalue weighted by Gasteiger charge is 2.71. The second-order valence-corrected chi connectivity index (χ2v) is 19.4. The third-order valence-electron chi connectivity index (χ3n) is 16.2. The zero-order valence-corrected chi connectivity index (χ0v) is 31.5. The minimum Gasteiger partial charge on any atom is -0.394 e. The van der Waals surface area contributed by atoms with Crippen molar-refractivity contribution in [2.45, 2.75) is 156 Å². The summed E-state index contributed by atoms with van der Waals surface area (Å²) in [4.78, 5) is 14.6. The molecule has 1 aromatic rings. The number of allylic oxidation sites excluding steroid dienone is 2. The number of amides is 1. The number of fused-ring (bicyclic) bond motifs is 7. The SMILES string of the molecule is CC1(C)CC[C@@]2(C(=O)NCc3cn([C@H]4O[C@@H](CO)[C@H](O)[C@@H](O)[C@@H]4O)nn3)C(C1)C1=CCC3[C@@]4(C)CC[C@H](O)C(C)(C)C4CC[C@@]3(C)[C@]1(C)C[C@H]2O. The van der Waals surface area contributed by atoms with Gasteiger partial charge in [0.2, 0.25) is 5.91 Å². The smallest absolute Gasteiger partial charge is 0.229 e. The van der Waals surface area contributed by atoms with Crippen LogP contribution in [0.2, 0.25) is 0 Å². The zero-order chi connectivity index (χ0) is 37.1. The third kappa shape index (κ3) is 5.28. The van der Waals surface area contributed by atoms with Crippen LogP contribution in [0.15, 0.2) is 17.8 Å². The van der Waals surface area contributed by atoms with E-state index in [1.165, 1.54) is 16.5 Å². The molecule has 1 amide bonds. The van der Waals surface area contributed by atoms with Crippen molar-refractivity contribution in [2.24, 2.45) is 50.2 Å². The van der Waals surface area contributed by atoms with E-state index in [9.17, 15) is 35.4 Å². The van der Waals surface area contributed by atoms with E-state index in [1.54, 1.807) is 0 Å². The van der Waals surface area contributed by atoms with Gasteiger partial charge in [0, 0.05) is 0 Å². The normalized spacial score (nSPS) is 48.7. The first-order valence-electron chi connectivity index (χ1n) is 19.3. The van der Waals surface area contributed by atoms with Crippen LogP contribution in [0, 0.1) is 50.2 Å². The van der Waals surface area contributed by atoms with Gasteiger partial charge in [-0.25, -0.2) is 4.68 Å². The third-order valence-corrected chi connectivity index (χ3v) is 16.2. The van der Waals surface area contributed by atoms with Crippen LogP contribution < -0.4 is 5.32 Å². The lowest BCUT2D eigenvalue weighted by molar-refractivity contribution is -0.254. The highest BCUT2D eigenvalue weighted by molar-refractivity contribution is 5.85. The monoisotopic (exact) mass is 714 g/mol. The number of aromatic nitrogens is 3. The van der Waals surface area contributed by atoms with E-state index in [-0.39, 0.29) is 51.5 Å². The summed E-state index contributed by atoms with van der Waals surface area (Å²) in [5.74, 6) is 0.538. The highest BCUT2D eigenvalue weighted by Crippen LogP contribution is 2.75. The van der Waals surface area contributed by atoms with Crippen LogP contribution in [-0.2, 0) is 16.1 Å². The van der Waals surface area contributed by atoms with Gasteiger partial charge in [0.25, 0.3) is 0 Å².